The summed E-state index contributed by atoms with van der Waals surface area (Å²) in [5.74, 6) is 0.493. The third-order valence-electron chi connectivity index (χ3n) is 4.96. The number of guanidine groups is 1. The first-order valence-corrected chi connectivity index (χ1v) is 11.3. The minimum Gasteiger partial charge on any atom is -0.367 e. The van der Waals surface area contributed by atoms with Crippen LogP contribution < -0.4 is 10.5 Å². The van der Waals surface area contributed by atoms with Crippen molar-refractivity contribution < 1.29 is 17.5 Å². The molecule has 1 aliphatic rings. The summed E-state index contributed by atoms with van der Waals surface area (Å²) < 4.78 is 42.0. The fourth-order valence-electron chi connectivity index (χ4n) is 3.48. The number of ether oxygens (including phenoxy) is 1. The second kappa shape index (κ2) is 9.55. The maximum absolute atomic E-state index is 13.2. The molecule has 0 radical (unpaired) electrons. The number of hydrogen-bond acceptors (Lipinski definition) is 4. The molecule has 0 bridgehead atoms. The van der Waals surface area contributed by atoms with Crippen LogP contribution >= 0.6 is 0 Å². The zero-order chi connectivity index (χ0) is 21.7. The Morgan fingerprint density at radius 3 is 2.47 bits per heavy atom. The van der Waals surface area contributed by atoms with Crippen LogP contribution in [0.2, 0.25) is 0 Å². The molecule has 3 rings (SSSR count). The van der Waals surface area contributed by atoms with Gasteiger partial charge >= 0.3 is 0 Å². The van der Waals surface area contributed by atoms with Crippen LogP contribution in [0.1, 0.15) is 24.2 Å². The molecule has 9 heteroatoms. The molecule has 2 unspecified atom stereocenters. The van der Waals surface area contributed by atoms with Crippen LogP contribution in [-0.2, 0) is 21.2 Å². The van der Waals surface area contributed by atoms with E-state index in [1.54, 1.807) is 31.3 Å². The highest BCUT2D eigenvalue weighted by molar-refractivity contribution is 7.89. The van der Waals surface area contributed by atoms with Gasteiger partial charge in [-0.2, -0.15) is 0 Å². The molecule has 0 amide bonds. The Labute approximate surface area is 176 Å². The first-order valence-electron chi connectivity index (χ1n) is 9.74. The number of nitrogens with two attached hydrogens (primary N) is 1. The average Bonchev–Trinajstić information content (AvgIpc) is 2.71. The van der Waals surface area contributed by atoms with Gasteiger partial charge in [-0.1, -0.05) is 24.3 Å². The third kappa shape index (κ3) is 5.78. The van der Waals surface area contributed by atoms with Crippen molar-refractivity contribution in [3.05, 3.63) is 65.5 Å². The summed E-state index contributed by atoms with van der Waals surface area (Å²) in [7, 11) is -1.95. The van der Waals surface area contributed by atoms with E-state index in [9.17, 15) is 12.8 Å². The first kappa shape index (κ1) is 22.2. The Morgan fingerprint density at radius 2 is 1.87 bits per heavy atom. The summed E-state index contributed by atoms with van der Waals surface area (Å²) in [4.78, 5) is 6.62. The lowest BCUT2D eigenvalue weighted by molar-refractivity contribution is -0.0604. The molecule has 3 N–H and O–H groups in total. The fraction of sp³-hybridized carbons (Fsp3) is 0.381. The number of aliphatic imine (C=N–C) groups is 1. The molecule has 0 spiro atoms. The van der Waals surface area contributed by atoms with Gasteiger partial charge in [0.15, 0.2) is 5.96 Å². The molecule has 2 atom stereocenters. The van der Waals surface area contributed by atoms with Crippen LogP contribution in [0.25, 0.3) is 0 Å². The molecule has 2 aromatic rings. The van der Waals surface area contributed by atoms with E-state index in [2.05, 4.69) is 15.2 Å². The smallest absolute Gasteiger partial charge is 0.238 e. The summed E-state index contributed by atoms with van der Waals surface area (Å²) in [6, 6.07) is 12.9. The highest BCUT2D eigenvalue weighted by atomic mass is 32.2. The van der Waals surface area contributed by atoms with Crippen LogP contribution in [-0.4, -0.2) is 52.1 Å². The molecule has 1 heterocycles. The number of nitrogens with zero attached hydrogens (tertiary/aromatic N) is 2. The number of halogens is 1. The lowest BCUT2D eigenvalue weighted by atomic mass is 10.1. The zero-order valence-corrected chi connectivity index (χ0v) is 17.9. The number of hydrogen-bond donors (Lipinski definition) is 2. The highest BCUT2D eigenvalue weighted by Gasteiger charge is 2.28. The molecular formula is C21H27FN4O3S. The summed E-state index contributed by atoms with van der Waals surface area (Å²) in [5.41, 5.74) is 1.92. The first-order chi connectivity index (χ1) is 14.3. The maximum atomic E-state index is 13.2. The predicted molar refractivity (Wildman–Crippen MR) is 114 cm³/mol. The average molecular weight is 435 g/mol. The zero-order valence-electron chi connectivity index (χ0n) is 17.1. The van der Waals surface area contributed by atoms with Crippen molar-refractivity contribution >= 4 is 16.0 Å². The van der Waals surface area contributed by atoms with E-state index in [1.165, 1.54) is 24.3 Å². The second-order valence-corrected chi connectivity index (χ2v) is 8.87. The Bertz CT molecular complexity index is 978. The molecule has 162 valence electrons. The van der Waals surface area contributed by atoms with Crippen molar-refractivity contribution in [3.63, 3.8) is 0 Å². The minimum atomic E-state index is -3.68. The van der Waals surface area contributed by atoms with Crippen molar-refractivity contribution in [1.82, 2.24) is 10.2 Å². The van der Waals surface area contributed by atoms with Crippen molar-refractivity contribution in [2.24, 2.45) is 10.1 Å². The van der Waals surface area contributed by atoms with Gasteiger partial charge in [0.25, 0.3) is 0 Å². The van der Waals surface area contributed by atoms with Crippen LogP contribution in [0.4, 0.5) is 4.39 Å². The van der Waals surface area contributed by atoms with Crippen molar-refractivity contribution in [2.75, 3.05) is 26.7 Å². The van der Waals surface area contributed by atoms with Gasteiger partial charge in [0.2, 0.25) is 10.0 Å². The molecule has 7 nitrogen and oxygen atoms in total. The van der Waals surface area contributed by atoms with Gasteiger partial charge < -0.3 is 15.0 Å². The summed E-state index contributed by atoms with van der Waals surface area (Å²) in [6.45, 7) is 3.94. The van der Waals surface area contributed by atoms with E-state index in [4.69, 9.17) is 9.88 Å². The Morgan fingerprint density at radius 1 is 1.20 bits per heavy atom. The highest BCUT2D eigenvalue weighted by Crippen LogP contribution is 2.25. The number of benzene rings is 2. The molecule has 1 saturated heterocycles. The molecule has 0 saturated carbocycles. The quantitative estimate of drug-likeness (QED) is 0.555. The Balaban J connectivity index is 1.59. The number of nitrogens with one attached hydrogen (secondary N) is 1. The summed E-state index contributed by atoms with van der Waals surface area (Å²) in [6.07, 6.45) is 0.530. The number of sulfonamides is 1. The van der Waals surface area contributed by atoms with Gasteiger partial charge in [0.05, 0.1) is 17.5 Å². The number of rotatable bonds is 5. The van der Waals surface area contributed by atoms with Gasteiger partial charge in [-0.15, -0.1) is 0 Å². The van der Waals surface area contributed by atoms with Gasteiger partial charge in [-0.05, 0) is 48.7 Å². The standard InChI is InChI=1S/C21H27FN4O3S/c1-15-13-26(14-20(29-15)17-5-7-18(22)8-6-17)21(24-2)25-12-11-16-3-9-19(10-4-16)30(23,27)28/h3-10,15,20H,11-14H2,1-2H3,(H,24,25)(H2,23,27,28). The molecule has 0 aromatic heterocycles. The van der Waals surface area contributed by atoms with Crippen LogP contribution in [0.15, 0.2) is 58.4 Å². The molecule has 2 aromatic carbocycles. The van der Waals surface area contributed by atoms with Gasteiger partial charge in [0.1, 0.15) is 11.9 Å². The lowest BCUT2D eigenvalue weighted by Gasteiger charge is -2.38. The predicted octanol–water partition coefficient (Wildman–Crippen LogP) is 2.05. The Hall–Kier alpha value is -2.49. The van der Waals surface area contributed by atoms with Crippen LogP contribution in [0, 0.1) is 5.82 Å². The fourth-order valence-corrected chi connectivity index (χ4v) is 4.00. The lowest BCUT2D eigenvalue weighted by Crippen LogP contribution is -2.51. The van der Waals surface area contributed by atoms with Crippen molar-refractivity contribution in [3.8, 4) is 0 Å². The van der Waals surface area contributed by atoms with E-state index in [1.807, 2.05) is 6.92 Å². The van der Waals surface area contributed by atoms with E-state index in [0.717, 1.165) is 17.1 Å². The molecule has 30 heavy (non-hydrogen) atoms. The monoisotopic (exact) mass is 434 g/mol. The van der Waals surface area contributed by atoms with Crippen molar-refractivity contribution in [2.45, 2.75) is 30.4 Å². The van der Waals surface area contributed by atoms with Crippen LogP contribution in [0.5, 0.6) is 0 Å². The topological polar surface area (TPSA) is 97.0 Å². The van der Waals surface area contributed by atoms with Crippen LogP contribution in [0.3, 0.4) is 0 Å². The molecule has 1 fully saturated rings. The van der Waals surface area contributed by atoms with Crippen molar-refractivity contribution in [1.29, 1.82) is 0 Å². The minimum absolute atomic E-state index is 0.00175. The SMILES string of the molecule is CN=C(NCCc1ccc(S(N)(=O)=O)cc1)N1CC(C)OC(c2ccc(F)cc2)C1. The van der Waals surface area contributed by atoms with E-state index >= 15 is 0 Å². The van der Waals surface area contributed by atoms with E-state index in [0.29, 0.717) is 26.1 Å². The van der Waals surface area contributed by atoms with Gasteiger partial charge in [-0.3, -0.25) is 4.99 Å². The number of primary sulfonamides is 1. The number of morpholine rings is 1. The Kier molecular flexibility index (Phi) is 7.06. The molecular weight excluding hydrogens is 407 g/mol. The summed E-state index contributed by atoms with van der Waals surface area (Å²) >= 11 is 0. The third-order valence-corrected chi connectivity index (χ3v) is 5.89. The van der Waals surface area contributed by atoms with Gasteiger partial charge in [0, 0.05) is 20.1 Å². The summed E-state index contributed by atoms with van der Waals surface area (Å²) in [5, 5.41) is 8.48. The van der Waals surface area contributed by atoms with E-state index in [-0.39, 0.29) is 22.9 Å². The molecule has 0 aliphatic carbocycles. The van der Waals surface area contributed by atoms with Gasteiger partial charge in [-0.25, -0.2) is 17.9 Å². The normalized spacial score (nSPS) is 20.3. The maximum Gasteiger partial charge on any atom is 0.238 e. The molecule has 1 aliphatic heterocycles. The van der Waals surface area contributed by atoms with E-state index < -0.39 is 10.0 Å². The second-order valence-electron chi connectivity index (χ2n) is 7.30. The largest absolute Gasteiger partial charge is 0.367 e.